The third-order valence-corrected chi connectivity index (χ3v) is 9.60. The van der Waals surface area contributed by atoms with Gasteiger partial charge >= 0.3 is 6.64 Å². The van der Waals surface area contributed by atoms with Gasteiger partial charge in [-0.05, 0) is 43.3 Å². The van der Waals surface area contributed by atoms with Crippen molar-refractivity contribution in [3.05, 3.63) is 84.4 Å². The van der Waals surface area contributed by atoms with Gasteiger partial charge in [-0.2, -0.15) is 4.08 Å². The lowest BCUT2D eigenvalue weighted by atomic mass is 10.2. The fraction of sp³-hybridized carbons (Fsp3) is 0.0526. The zero-order valence-corrected chi connectivity index (χ0v) is 16.9. The monoisotopic (exact) mass is 417 g/mol. The Kier molecular flexibility index (Phi) is 4.46. The van der Waals surface area contributed by atoms with Crippen LogP contribution in [-0.4, -0.2) is 8.42 Å². The topological polar surface area (TPSA) is 55.8 Å². The third-order valence-electron chi connectivity index (χ3n) is 4.02. The smallest absolute Gasteiger partial charge is 0.409 e. The van der Waals surface area contributed by atoms with Crippen molar-refractivity contribution >= 4 is 34.2 Å². The lowest BCUT2D eigenvalue weighted by Crippen LogP contribution is -2.28. The Morgan fingerprint density at radius 1 is 0.926 bits per heavy atom. The number of fused-ring (bicyclic) bond motifs is 1. The van der Waals surface area contributed by atoms with E-state index in [2.05, 4.69) is 0 Å². The lowest BCUT2D eigenvalue weighted by Gasteiger charge is -2.27. The summed E-state index contributed by atoms with van der Waals surface area (Å²) in [4.78, 5) is 0.138. The van der Waals surface area contributed by atoms with Crippen molar-refractivity contribution in [2.75, 3.05) is 4.08 Å². The number of anilines is 1. The summed E-state index contributed by atoms with van der Waals surface area (Å²) in [5.74, 6) is 0.852. The molecule has 3 aromatic rings. The summed E-state index contributed by atoms with van der Waals surface area (Å²) in [6.45, 7) is -1.51. The van der Waals surface area contributed by atoms with Crippen LogP contribution in [0.1, 0.15) is 5.56 Å². The van der Waals surface area contributed by atoms with Gasteiger partial charge in [-0.25, -0.2) is 8.42 Å². The second kappa shape index (κ2) is 6.68. The van der Waals surface area contributed by atoms with Gasteiger partial charge in [0.2, 0.25) is 0 Å². The van der Waals surface area contributed by atoms with E-state index >= 15 is 0 Å². The van der Waals surface area contributed by atoms with Crippen LogP contribution in [0.2, 0.25) is 0 Å². The molecule has 0 radical (unpaired) electrons. The highest BCUT2D eigenvalue weighted by Crippen LogP contribution is 2.64. The van der Waals surface area contributed by atoms with Gasteiger partial charge in [0.25, 0.3) is 10.0 Å². The molecular formula is C19H16NO4PS2. The highest BCUT2D eigenvalue weighted by molar-refractivity contribution is 8.18. The van der Waals surface area contributed by atoms with Crippen molar-refractivity contribution in [3.63, 3.8) is 0 Å². The molecule has 1 unspecified atom stereocenters. The van der Waals surface area contributed by atoms with Crippen molar-refractivity contribution in [2.45, 2.75) is 11.8 Å². The Balaban J connectivity index is 1.85. The summed E-state index contributed by atoms with van der Waals surface area (Å²) < 4.78 is 39.8. The maximum absolute atomic E-state index is 13.4. The first-order valence-electron chi connectivity index (χ1n) is 8.16. The SMILES string of the molecule is Cc1ccc(S(=O)(=O)N2c3ccccc3OP2(=S)Oc2ccccc2)cc1. The van der Waals surface area contributed by atoms with Crippen molar-refractivity contribution in [3.8, 4) is 11.5 Å². The van der Waals surface area contributed by atoms with E-state index in [0.717, 1.165) is 9.64 Å². The van der Waals surface area contributed by atoms with Gasteiger partial charge in [0.05, 0.1) is 4.90 Å². The Morgan fingerprint density at radius 2 is 1.56 bits per heavy atom. The number of para-hydroxylation sites is 3. The second-order valence-corrected chi connectivity index (χ2v) is 11.1. The molecular weight excluding hydrogens is 401 g/mol. The number of rotatable bonds is 4. The van der Waals surface area contributed by atoms with E-state index in [-0.39, 0.29) is 4.90 Å². The van der Waals surface area contributed by atoms with E-state index < -0.39 is 16.7 Å². The van der Waals surface area contributed by atoms with Crippen LogP contribution in [0.3, 0.4) is 0 Å². The van der Waals surface area contributed by atoms with E-state index in [1.807, 2.05) is 13.0 Å². The Labute approximate surface area is 163 Å². The molecule has 4 rings (SSSR count). The zero-order valence-electron chi connectivity index (χ0n) is 14.3. The normalized spacial score (nSPS) is 18.6. The van der Waals surface area contributed by atoms with E-state index in [1.54, 1.807) is 72.8 Å². The number of hydrogen-bond acceptors (Lipinski definition) is 5. The molecule has 0 saturated carbocycles. The molecule has 0 aromatic heterocycles. The first kappa shape index (κ1) is 18.0. The molecule has 0 aliphatic carbocycles. The number of hydrogen-bond donors (Lipinski definition) is 0. The molecule has 1 heterocycles. The van der Waals surface area contributed by atoms with Crippen molar-refractivity contribution in [1.82, 2.24) is 0 Å². The fourth-order valence-corrected chi connectivity index (χ4v) is 8.31. The van der Waals surface area contributed by atoms with E-state index in [0.29, 0.717) is 17.2 Å². The minimum atomic E-state index is -3.97. The predicted octanol–water partition coefficient (Wildman–Crippen LogP) is 4.89. The van der Waals surface area contributed by atoms with Crippen molar-refractivity contribution in [2.24, 2.45) is 0 Å². The third kappa shape index (κ3) is 3.23. The molecule has 138 valence electrons. The largest absolute Gasteiger partial charge is 0.420 e. The lowest BCUT2D eigenvalue weighted by molar-refractivity contribution is 0.501. The van der Waals surface area contributed by atoms with Crippen molar-refractivity contribution in [1.29, 1.82) is 0 Å². The summed E-state index contributed by atoms with van der Waals surface area (Å²) >= 11 is 5.66. The van der Waals surface area contributed by atoms with Gasteiger partial charge in [-0.15, -0.1) is 0 Å². The number of benzene rings is 3. The molecule has 8 heteroatoms. The van der Waals surface area contributed by atoms with Gasteiger partial charge in [0, 0.05) is 11.8 Å². The van der Waals surface area contributed by atoms with Gasteiger partial charge in [0.15, 0.2) is 5.75 Å². The molecule has 1 atom stereocenters. The summed E-state index contributed by atoms with van der Waals surface area (Å²) in [5, 5.41) is 0. The van der Waals surface area contributed by atoms with Crippen LogP contribution in [0.4, 0.5) is 5.69 Å². The van der Waals surface area contributed by atoms with E-state index in [4.69, 9.17) is 20.9 Å². The molecule has 0 fully saturated rings. The molecule has 0 saturated heterocycles. The molecule has 1 aliphatic heterocycles. The summed E-state index contributed by atoms with van der Waals surface area (Å²) in [6, 6.07) is 22.4. The van der Waals surface area contributed by atoms with Crippen molar-refractivity contribution < 1.29 is 17.5 Å². The van der Waals surface area contributed by atoms with Crippen LogP contribution in [0.15, 0.2) is 83.8 Å². The van der Waals surface area contributed by atoms with Gasteiger partial charge in [0.1, 0.15) is 11.4 Å². The quantitative estimate of drug-likeness (QED) is 0.566. The maximum atomic E-state index is 13.4. The highest BCUT2D eigenvalue weighted by Gasteiger charge is 2.48. The minimum Gasteiger partial charge on any atom is -0.420 e. The molecule has 0 amide bonds. The molecule has 27 heavy (non-hydrogen) atoms. The molecule has 0 bridgehead atoms. The van der Waals surface area contributed by atoms with Crippen LogP contribution in [0.5, 0.6) is 11.5 Å². The summed E-state index contributed by atoms with van der Waals surface area (Å²) in [5.41, 5.74) is 1.35. The highest BCUT2D eigenvalue weighted by atomic mass is 32.5. The Bertz CT molecular complexity index is 1130. The average molecular weight is 417 g/mol. The number of nitrogens with zero attached hydrogens (tertiary/aromatic N) is 1. The van der Waals surface area contributed by atoms with E-state index in [9.17, 15) is 8.42 Å². The van der Waals surface area contributed by atoms with Gasteiger partial charge < -0.3 is 9.05 Å². The Hall–Kier alpha value is -2.34. The molecule has 0 N–H and O–H groups in total. The first-order chi connectivity index (χ1) is 12.9. The van der Waals surface area contributed by atoms with Gasteiger partial charge in [-0.1, -0.05) is 48.0 Å². The second-order valence-electron chi connectivity index (χ2n) is 5.99. The maximum Gasteiger partial charge on any atom is 0.409 e. The average Bonchev–Trinajstić information content (AvgIpc) is 2.95. The molecule has 5 nitrogen and oxygen atoms in total. The summed E-state index contributed by atoms with van der Waals surface area (Å²) in [6.07, 6.45) is 0. The standard InChI is InChI=1S/C19H16NO4PS2/c1-15-11-13-17(14-12-15)27(21,22)20-18-9-5-6-10-19(18)24-25(20,26)23-16-7-3-2-4-8-16/h2-14H,1H3. The molecule has 1 aliphatic rings. The predicted molar refractivity (Wildman–Crippen MR) is 109 cm³/mol. The number of aryl methyl sites for hydroxylation is 1. The molecule has 3 aromatic carbocycles. The molecule has 0 spiro atoms. The van der Waals surface area contributed by atoms with Crippen LogP contribution in [-0.2, 0) is 21.8 Å². The fourth-order valence-electron chi connectivity index (χ4n) is 2.73. The van der Waals surface area contributed by atoms with E-state index in [1.165, 1.54) is 0 Å². The van der Waals surface area contributed by atoms with Crippen LogP contribution >= 0.6 is 6.64 Å². The minimum absolute atomic E-state index is 0.138. The first-order valence-corrected chi connectivity index (χ1v) is 12.2. The number of sulfonamides is 1. The van der Waals surface area contributed by atoms with Crippen LogP contribution in [0.25, 0.3) is 0 Å². The summed E-state index contributed by atoms with van der Waals surface area (Å²) in [7, 11) is -3.97. The Morgan fingerprint density at radius 3 is 2.26 bits per heavy atom. The van der Waals surface area contributed by atoms with Crippen LogP contribution in [0, 0.1) is 6.92 Å². The zero-order chi connectivity index (χ0) is 19.1. The van der Waals surface area contributed by atoms with Gasteiger partial charge in [-0.3, -0.25) is 0 Å². The van der Waals surface area contributed by atoms with Crippen LogP contribution < -0.4 is 13.1 Å².